The molecule has 3 nitrogen and oxygen atoms in total. The van der Waals surface area contributed by atoms with Gasteiger partial charge >= 0.3 is 0 Å². The first kappa shape index (κ1) is 11.1. The highest BCUT2D eigenvalue weighted by atomic mass is 16.2. The minimum absolute atomic E-state index is 0.254. The van der Waals surface area contributed by atoms with Crippen LogP contribution in [0.3, 0.4) is 0 Å². The summed E-state index contributed by atoms with van der Waals surface area (Å²) < 4.78 is 0. The third-order valence-corrected chi connectivity index (χ3v) is 3.21. The average molecular weight is 218 g/mol. The van der Waals surface area contributed by atoms with Crippen LogP contribution in [0.4, 0.5) is 0 Å². The number of carbonyl (C=O) groups is 1. The number of benzene rings is 1. The molecule has 1 saturated heterocycles. The van der Waals surface area contributed by atoms with Crippen LogP contribution < -0.4 is 5.32 Å². The van der Waals surface area contributed by atoms with E-state index >= 15 is 0 Å². The number of carbonyl (C=O) groups excluding carboxylic acids is 1. The molecule has 0 radical (unpaired) electrons. The number of nitrogens with one attached hydrogen (secondary N) is 1. The topological polar surface area (TPSA) is 32.3 Å². The van der Waals surface area contributed by atoms with Crippen LogP contribution in [0.15, 0.2) is 24.3 Å². The molecule has 1 heterocycles. The van der Waals surface area contributed by atoms with Gasteiger partial charge in [0.05, 0.1) is 6.04 Å². The largest absolute Gasteiger partial charge is 0.339 e. The molecule has 16 heavy (non-hydrogen) atoms. The molecule has 1 aromatic rings. The van der Waals surface area contributed by atoms with E-state index in [0.717, 1.165) is 13.0 Å². The van der Waals surface area contributed by atoms with Crippen molar-refractivity contribution in [2.45, 2.75) is 25.4 Å². The van der Waals surface area contributed by atoms with Gasteiger partial charge in [0.25, 0.3) is 0 Å². The van der Waals surface area contributed by atoms with Crippen LogP contribution in [0.2, 0.25) is 0 Å². The van der Waals surface area contributed by atoms with E-state index in [1.165, 1.54) is 11.1 Å². The molecule has 0 bridgehead atoms. The summed E-state index contributed by atoms with van der Waals surface area (Å²) in [4.78, 5) is 13.3. The van der Waals surface area contributed by atoms with Gasteiger partial charge in [-0.2, -0.15) is 0 Å². The summed E-state index contributed by atoms with van der Waals surface area (Å²) in [6.45, 7) is 0.873. The number of hydrogen-bond acceptors (Lipinski definition) is 2. The lowest BCUT2D eigenvalue weighted by molar-refractivity contribution is -0.127. The highest BCUT2D eigenvalue weighted by Crippen LogP contribution is 2.31. The summed E-state index contributed by atoms with van der Waals surface area (Å²) in [5.74, 6) is 0.254. The van der Waals surface area contributed by atoms with Gasteiger partial charge in [-0.1, -0.05) is 24.3 Å². The van der Waals surface area contributed by atoms with Gasteiger partial charge in [0.15, 0.2) is 0 Å². The number of nitrogens with zero attached hydrogens (tertiary/aromatic N) is 1. The maximum Gasteiger partial charge on any atom is 0.222 e. The molecular formula is C13H18N2O. The van der Waals surface area contributed by atoms with E-state index in [9.17, 15) is 4.79 Å². The Bertz CT molecular complexity index is 389. The molecule has 1 atom stereocenters. The van der Waals surface area contributed by atoms with Crippen LogP contribution in [0, 0.1) is 0 Å². The molecule has 3 heteroatoms. The smallest absolute Gasteiger partial charge is 0.222 e. The van der Waals surface area contributed by atoms with Gasteiger partial charge in [0.2, 0.25) is 5.91 Å². The second-order valence-corrected chi connectivity index (χ2v) is 4.33. The normalized spacial score (nSPS) is 20.5. The maximum absolute atomic E-state index is 11.5. The fourth-order valence-corrected chi connectivity index (χ4v) is 2.31. The molecule has 1 fully saturated rings. The van der Waals surface area contributed by atoms with E-state index < -0.39 is 0 Å². The Morgan fingerprint density at radius 1 is 1.50 bits per heavy atom. The molecule has 0 aromatic heterocycles. The monoisotopic (exact) mass is 218 g/mol. The Kier molecular flexibility index (Phi) is 3.25. The van der Waals surface area contributed by atoms with Crippen molar-refractivity contribution in [2.24, 2.45) is 0 Å². The molecular weight excluding hydrogens is 200 g/mol. The predicted molar refractivity (Wildman–Crippen MR) is 64.0 cm³/mol. The molecule has 1 aliphatic rings. The Hall–Kier alpha value is -1.35. The molecule has 1 amide bonds. The quantitative estimate of drug-likeness (QED) is 0.837. The van der Waals surface area contributed by atoms with Crippen LogP contribution in [-0.2, 0) is 11.3 Å². The summed E-state index contributed by atoms with van der Waals surface area (Å²) in [6.07, 6.45) is 1.62. The van der Waals surface area contributed by atoms with E-state index in [0.29, 0.717) is 6.42 Å². The average Bonchev–Trinajstić information content (AvgIpc) is 2.61. The summed E-state index contributed by atoms with van der Waals surface area (Å²) in [5.41, 5.74) is 2.52. The van der Waals surface area contributed by atoms with E-state index in [-0.39, 0.29) is 11.9 Å². The lowest BCUT2D eigenvalue weighted by atomic mass is 10.0. The fourth-order valence-electron chi connectivity index (χ4n) is 2.31. The first-order valence-corrected chi connectivity index (χ1v) is 5.71. The zero-order valence-electron chi connectivity index (χ0n) is 9.86. The van der Waals surface area contributed by atoms with Gasteiger partial charge in [-0.3, -0.25) is 4.79 Å². The summed E-state index contributed by atoms with van der Waals surface area (Å²) in [5, 5.41) is 3.14. The lowest BCUT2D eigenvalue weighted by Crippen LogP contribution is -2.22. The highest BCUT2D eigenvalue weighted by Gasteiger charge is 2.28. The highest BCUT2D eigenvalue weighted by molar-refractivity contribution is 5.78. The number of likely N-dealkylation sites (tertiary alicyclic amines) is 1. The van der Waals surface area contributed by atoms with Crippen molar-refractivity contribution >= 4 is 5.91 Å². The maximum atomic E-state index is 11.5. The first-order valence-electron chi connectivity index (χ1n) is 5.71. The molecule has 2 rings (SSSR count). The SMILES string of the molecule is CNCc1cccc(C2CCC(=O)N2C)c1. The molecule has 1 aromatic carbocycles. The van der Waals surface area contributed by atoms with Crippen molar-refractivity contribution in [3.05, 3.63) is 35.4 Å². The van der Waals surface area contributed by atoms with Crippen molar-refractivity contribution in [2.75, 3.05) is 14.1 Å². The van der Waals surface area contributed by atoms with Gasteiger partial charge < -0.3 is 10.2 Å². The van der Waals surface area contributed by atoms with Crippen molar-refractivity contribution in [1.29, 1.82) is 0 Å². The molecule has 86 valence electrons. The summed E-state index contributed by atoms with van der Waals surface area (Å²) in [6, 6.07) is 8.74. The molecule has 0 aliphatic carbocycles. The van der Waals surface area contributed by atoms with Crippen molar-refractivity contribution in [3.63, 3.8) is 0 Å². The zero-order valence-corrected chi connectivity index (χ0v) is 9.86. The Morgan fingerprint density at radius 3 is 2.94 bits per heavy atom. The van der Waals surface area contributed by atoms with E-state index in [2.05, 4.69) is 29.6 Å². The minimum Gasteiger partial charge on any atom is -0.339 e. The Balaban J connectivity index is 2.20. The van der Waals surface area contributed by atoms with E-state index in [1.807, 2.05) is 19.0 Å². The van der Waals surface area contributed by atoms with Crippen LogP contribution in [-0.4, -0.2) is 24.9 Å². The molecule has 1 unspecified atom stereocenters. The van der Waals surface area contributed by atoms with Gasteiger partial charge in [-0.05, 0) is 24.6 Å². The Labute approximate surface area is 96.5 Å². The lowest BCUT2D eigenvalue weighted by Gasteiger charge is -2.20. The molecule has 1 aliphatic heterocycles. The summed E-state index contributed by atoms with van der Waals surface area (Å²) >= 11 is 0. The standard InChI is InChI=1S/C13H18N2O/c1-14-9-10-4-3-5-11(8-10)12-6-7-13(16)15(12)2/h3-5,8,12,14H,6-7,9H2,1-2H3. The minimum atomic E-state index is 0.254. The number of hydrogen-bond donors (Lipinski definition) is 1. The van der Waals surface area contributed by atoms with E-state index in [4.69, 9.17) is 0 Å². The van der Waals surface area contributed by atoms with Crippen molar-refractivity contribution in [3.8, 4) is 0 Å². The van der Waals surface area contributed by atoms with Crippen LogP contribution in [0.1, 0.15) is 30.0 Å². The van der Waals surface area contributed by atoms with Crippen LogP contribution >= 0.6 is 0 Å². The fraction of sp³-hybridized carbons (Fsp3) is 0.462. The first-order chi connectivity index (χ1) is 7.72. The van der Waals surface area contributed by atoms with E-state index in [1.54, 1.807) is 0 Å². The van der Waals surface area contributed by atoms with Gasteiger partial charge in [0.1, 0.15) is 0 Å². The number of amides is 1. The predicted octanol–water partition coefficient (Wildman–Crippen LogP) is 1.70. The third-order valence-electron chi connectivity index (χ3n) is 3.21. The van der Waals surface area contributed by atoms with Crippen LogP contribution in [0.25, 0.3) is 0 Å². The van der Waals surface area contributed by atoms with Crippen molar-refractivity contribution in [1.82, 2.24) is 10.2 Å². The summed E-state index contributed by atoms with van der Waals surface area (Å²) in [7, 11) is 3.84. The number of rotatable bonds is 3. The molecule has 0 spiro atoms. The van der Waals surface area contributed by atoms with Gasteiger partial charge in [-0.25, -0.2) is 0 Å². The second-order valence-electron chi connectivity index (χ2n) is 4.33. The van der Waals surface area contributed by atoms with Crippen LogP contribution in [0.5, 0.6) is 0 Å². The molecule has 1 N–H and O–H groups in total. The van der Waals surface area contributed by atoms with Crippen molar-refractivity contribution < 1.29 is 4.79 Å². The second kappa shape index (κ2) is 4.66. The Morgan fingerprint density at radius 2 is 2.31 bits per heavy atom. The third kappa shape index (κ3) is 2.09. The van der Waals surface area contributed by atoms with Gasteiger partial charge in [0, 0.05) is 20.0 Å². The zero-order chi connectivity index (χ0) is 11.5. The van der Waals surface area contributed by atoms with Gasteiger partial charge in [-0.15, -0.1) is 0 Å². The molecule has 0 saturated carbocycles.